The van der Waals surface area contributed by atoms with Crippen LogP contribution in [0.4, 0.5) is 0 Å². The van der Waals surface area contributed by atoms with Crippen molar-refractivity contribution < 1.29 is 37.6 Å². The fourth-order valence-corrected chi connectivity index (χ4v) is 4.44. The minimum absolute atomic E-state index is 0.0552. The molecule has 0 aliphatic heterocycles. The summed E-state index contributed by atoms with van der Waals surface area (Å²) in [5.41, 5.74) is 5.24. The third-order valence-corrected chi connectivity index (χ3v) is 6.70. The van der Waals surface area contributed by atoms with Crippen LogP contribution in [0.1, 0.15) is 123 Å². The lowest BCUT2D eigenvalue weighted by atomic mass is 10.0. The number of esters is 2. The minimum atomic E-state index is -4.33. The van der Waals surface area contributed by atoms with Crippen LogP contribution < -0.4 is 5.73 Å². The average molecular weight is 538 g/mol. The van der Waals surface area contributed by atoms with E-state index in [4.69, 9.17) is 19.7 Å². The van der Waals surface area contributed by atoms with Crippen LogP contribution in [0.25, 0.3) is 0 Å². The average Bonchev–Trinajstić information content (AvgIpc) is 2.84. The first-order chi connectivity index (χ1) is 17.3. The zero-order valence-electron chi connectivity index (χ0n) is 22.8. The van der Waals surface area contributed by atoms with Crippen LogP contribution in [0.2, 0.25) is 0 Å². The van der Waals surface area contributed by atoms with Crippen molar-refractivity contribution in [2.24, 2.45) is 5.73 Å². The van der Waals surface area contributed by atoms with E-state index in [0.29, 0.717) is 6.42 Å². The van der Waals surface area contributed by atoms with Gasteiger partial charge in [0.25, 0.3) is 0 Å². The molecule has 36 heavy (non-hydrogen) atoms. The Hall–Kier alpha value is -0.990. The summed E-state index contributed by atoms with van der Waals surface area (Å²) < 4.78 is 31.7. The van der Waals surface area contributed by atoms with E-state index < -0.39 is 32.5 Å². The van der Waals surface area contributed by atoms with Crippen LogP contribution in [0.15, 0.2) is 0 Å². The lowest BCUT2D eigenvalue weighted by Crippen LogP contribution is -2.29. The van der Waals surface area contributed by atoms with Crippen LogP contribution in [-0.4, -0.2) is 49.3 Å². The second-order valence-corrected chi connectivity index (χ2v) is 10.7. The van der Waals surface area contributed by atoms with Gasteiger partial charge in [0.1, 0.15) is 6.61 Å². The summed E-state index contributed by atoms with van der Waals surface area (Å²) >= 11 is 0. The van der Waals surface area contributed by atoms with Gasteiger partial charge in [0.2, 0.25) is 0 Å². The molecule has 2 atom stereocenters. The maximum atomic E-state index is 12.1. The molecule has 0 radical (unpaired) electrons. The van der Waals surface area contributed by atoms with Crippen LogP contribution in [0.5, 0.6) is 0 Å². The highest BCUT2D eigenvalue weighted by Crippen LogP contribution is 2.43. The first-order valence-corrected chi connectivity index (χ1v) is 15.5. The molecule has 1 unspecified atom stereocenters. The van der Waals surface area contributed by atoms with Gasteiger partial charge in [-0.3, -0.25) is 18.6 Å². The first-order valence-electron chi connectivity index (χ1n) is 14.0. The molecule has 0 saturated heterocycles. The van der Waals surface area contributed by atoms with E-state index in [2.05, 4.69) is 11.4 Å². The van der Waals surface area contributed by atoms with Crippen molar-refractivity contribution in [3.05, 3.63) is 0 Å². The van der Waals surface area contributed by atoms with Crippen molar-refractivity contribution in [1.29, 1.82) is 0 Å². The molecule has 0 spiro atoms. The molecule has 0 aromatic rings. The summed E-state index contributed by atoms with van der Waals surface area (Å²) in [4.78, 5) is 33.5. The van der Waals surface area contributed by atoms with Gasteiger partial charge < -0.3 is 20.1 Å². The number of carbonyl (C=O) groups excluding carboxylic acids is 2. The smallest absolute Gasteiger partial charge is 0.462 e. The molecule has 0 heterocycles. The molecule has 0 fully saturated rings. The van der Waals surface area contributed by atoms with E-state index in [1.807, 2.05) is 6.92 Å². The van der Waals surface area contributed by atoms with Gasteiger partial charge in [-0.05, 0) is 12.8 Å². The molecular weight excluding hydrogens is 485 g/mol. The summed E-state index contributed by atoms with van der Waals surface area (Å²) in [6.07, 6.45) is 17.4. The van der Waals surface area contributed by atoms with Gasteiger partial charge >= 0.3 is 19.8 Å². The number of phosphoric acid groups is 1. The normalized spacial score (nSPS) is 13.8. The van der Waals surface area contributed by atoms with Crippen LogP contribution >= 0.6 is 7.82 Å². The van der Waals surface area contributed by atoms with Crippen LogP contribution in [0.3, 0.4) is 0 Å². The maximum Gasteiger partial charge on any atom is 0.472 e. The van der Waals surface area contributed by atoms with Crippen molar-refractivity contribution in [2.75, 3.05) is 26.4 Å². The van der Waals surface area contributed by atoms with Gasteiger partial charge in [-0.1, -0.05) is 97.3 Å². The lowest BCUT2D eigenvalue weighted by Gasteiger charge is -2.19. The quantitative estimate of drug-likeness (QED) is 0.0750. The standard InChI is InChI=1S/C26H52NO8P/c1-3-5-6-7-8-9-10-11-12-13-14-15-16-17-19-25(28)32-22-24(35-26(29)18-4-2)23-34-36(30,31)33-21-20-27/h24H,3-23,27H2,1-2H3,(H,30,31)/t24-/m1/s1. The number of carbonyl (C=O) groups is 2. The zero-order valence-corrected chi connectivity index (χ0v) is 23.7. The third kappa shape index (κ3) is 23.4. The Kier molecular flexibility index (Phi) is 23.7. The highest BCUT2D eigenvalue weighted by molar-refractivity contribution is 7.47. The number of hydrogen-bond acceptors (Lipinski definition) is 8. The zero-order chi connectivity index (χ0) is 26.9. The molecule has 0 aliphatic rings. The van der Waals surface area contributed by atoms with Gasteiger partial charge in [0.15, 0.2) is 6.10 Å². The molecule has 10 heteroatoms. The van der Waals surface area contributed by atoms with Crippen molar-refractivity contribution >= 4 is 19.8 Å². The van der Waals surface area contributed by atoms with E-state index in [1.165, 1.54) is 70.6 Å². The minimum Gasteiger partial charge on any atom is -0.462 e. The van der Waals surface area contributed by atoms with Gasteiger partial charge in [-0.25, -0.2) is 4.57 Å². The van der Waals surface area contributed by atoms with Crippen molar-refractivity contribution in [3.63, 3.8) is 0 Å². The highest BCUT2D eigenvalue weighted by Gasteiger charge is 2.25. The Labute approximate surface area is 218 Å². The molecule has 3 N–H and O–H groups in total. The SMILES string of the molecule is CCCCCCCCCCCCCCCCC(=O)OC[C@H](COP(=O)(O)OCCN)OC(=O)CCC. The maximum absolute atomic E-state index is 12.1. The molecule has 0 aromatic heterocycles. The fourth-order valence-electron chi connectivity index (χ4n) is 3.67. The lowest BCUT2D eigenvalue weighted by molar-refractivity contribution is -0.161. The molecule has 214 valence electrons. The molecule has 9 nitrogen and oxygen atoms in total. The highest BCUT2D eigenvalue weighted by atomic mass is 31.2. The monoisotopic (exact) mass is 537 g/mol. The molecule has 0 saturated carbocycles. The van der Waals surface area contributed by atoms with Crippen LogP contribution in [-0.2, 0) is 32.7 Å². The predicted molar refractivity (Wildman–Crippen MR) is 141 cm³/mol. The second kappa shape index (κ2) is 24.4. The molecular formula is C26H52NO8P. The van der Waals surface area contributed by atoms with Crippen molar-refractivity contribution in [1.82, 2.24) is 0 Å². The summed E-state index contributed by atoms with van der Waals surface area (Å²) in [6, 6.07) is 0. The number of nitrogens with two attached hydrogens (primary N) is 1. The molecule has 0 rings (SSSR count). The summed E-state index contributed by atoms with van der Waals surface area (Å²) in [6.45, 7) is 3.30. The summed E-state index contributed by atoms with van der Waals surface area (Å²) in [5, 5.41) is 0. The Morgan fingerprint density at radius 3 is 1.75 bits per heavy atom. The van der Waals surface area contributed by atoms with Crippen molar-refractivity contribution in [2.45, 2.75) is 129 Å². The predicted octanol–water partition coefficient (Wildman–Crippen LogP) is 6.21. The summed E-state index contributed by atoms with van der Waals surface area (Å²) in [5.74, 6) is -0.887. The van der Waals surface area contributed by atoms with E-state index in [1.54, 1.807) is 0 Å². The van der Waals surface area contributed by atoms with Crippen molar-refractivity contribution in [3.8, 4) is 0 Å². The summed E-state index contributed by atoms with van der Waals surface area (Å²) in [7, 11) is -4.33. The van der Waals surface area contributed by atoms with E-state index >= 15 is 0 Å². The topological polar surface area (TPSA) is 134 Å². The Morgan fingerprint density at radius 2 is 1.25 bits per heavy atom. The Balaban J connectivity index is 3.95. The van der Waals surface area contributed by atoms with E-state index in [9.17, 15) is 19.0 Å². The van der Waals surface area contributed by atoms with Gasteiger partial charge in [-0.2, -0.15) is 0 Å². The van der Waals surface area contributed by atoms with Gasteiger partial charge in [-0.15, -0.1) is 0 Å². The fraction of sp³-hybridized carbons (Fsp3) is 0.923. The molecule has 0 amide bonds. The second-order valence-electron chi connectivity index (χ2n) is 9.28. The Morgan fingerprint density at radius 1 is 0.722 bits per heavy atom. The van der Waals surface area contributed by atoms with Crippen LogP contribution in [0, 0.1) is 0 Å². The number of rotatable bonds is 26. The largest absolute Gasteiger partial charge is 0.472 e. The van der Waals surface area contributed by atoms with E-state index in [0.717, 1.165) is 19.3 Å². The van der Waals surface area contributed by atoms with Gasteiger partial charge in [0, 0.05) is 19.4 Å². The number of ether oxygens (including phenoxy) is 2. The molecule has 0 bridgehead atoms. The molecule has 0 aliphatic carbocycles. The molecule has 0 aromatic carbocycles. The first kappa shape index (κ1) is 35.0. The number of unbranched alkanes of at least 4 members (excludes halogenated alkanes) is 13. The Bertz CT molecular complexity index is 590. The third-order valence-electron chi connectivity index (χ3n) is 5.71. The number of hydrogen-bond donors (Lipinski definition) is 2. The number of phosphoric ester groups is 1. The van der Waals surface area contributed by atoms with E-state index in [-0.39, 0.29) is 32.6 Å². The van der Waals surface area contributed by atoms with Gasteiger partial charge in [0.05, 0.1) is 13.2 Å².